The number of ketones is 4. The van der Waals surface area contributed by atoms with Gasteiger partial charge in [-0.2, -0.15) is 0 Å². The second-order valence-electron chi connectivity index (χ2n) is 10.5. The summed E-state index contributed by atoms with van der Waals surface area (Å²) in [5.41, 5.74) is 0.219. The normalized spacial score (nSPS) is 14.3. The van der Waals surface area contributed by atoms with Crippen LogP contribution < -0.4 is 21.3 Å². The van der Waals surface area contributed by atoms with Crippen molar-refractivity contribution in [2.24, 2.45) is 0 Å². The van der Waals surface area contributed by atoms with E-state index < -0.39 is 23.4 Å². The number of allylic oxidation sites excluding steroid dienone is 4. The number of aromatic nitrogens is 2. The Labute approximate surface area is 267 Å². The maximum Gasteiger partial charge on any atom is 0.280 e. The number of hydrogen-bond acceptors (Lipinski definition) is 15. The number of hydrogen-bond donors (Lipinski definition) is 4. The molecule has 0 radical (unpaired) electrons. The van der Waals surface area contributed by atoms with Crippen LogP contribution in [0, 0.1) is 0 Å². The number of nitrogens with zero attached hydrogens (tertiary/aromatic N) is 4. The van der Waals surface area contributed by atoms with Crippen LogP contribution in [0.15, 0.2) is 23.5 Å². The number of ether oxygens (including phenoxy) is 1. The van der Waals surface area contributed by atoms with E-state index in [1.165, 1.54) is 12.2 Å². The fourth-order valence-electron chi connectivity index (χ4n) is 4.07. The molecule has 0 bridgehead atoms. The number of carbonyl (C=O) groups is 6. The van der Waals surface area contributed by atoms with E-state index in [1.54, 1.807) is 0 Å². The first-order valence-electron chi connectivity index (χ1n) is 14.0. The van der Waals surface area contributed by atoms with Crippen molar-refractivity contribution in [1.29, 1.82) is 0 Å². The largest absolute Gasteiger partial charge is 0.380 e. The van der Waals surface area contributed by atoms with Crippen molar-refractivity contribution in [1.82, 2.24) is 41.0 Å². The lowest BCUT2D eigenvalue weighted by Gasteiger charge is -2.15. The molecule has 17 heteroatoms. The first-order chi connectivity index (χ1) is 21.5. The molecular formula is C28H34N8O7S2. The number of rotatable bonds is 16. The molecule has 45 heavy (non-hydrogen) atoms. The van der Waals surface area contributed by atoms with Crippen LogP contribution in [0.4, 0.5) is 0 Å². The number of likely N-dealkylation sites (N-methyl/N-ethyl adjacent to an activating group) is 2. The van der Waals surface area contributed by atoms with E-state index in [1.807, 2.05) is 38.0 Å². The Hall–Kier alpha value is -4.16. The lowest BCUT2D eigenvalue weighted by atomic mass is 10.0. The van der Waals surface area contributed by atoms with E-state index in [-0.39, 0.29) is 80.4 Å². The van der Waals surface area contributed by atoms with Gasteiger partial charge in [0.25, 0.3) is 11.8 Å². The van der Waals surface area contributed by atoms with Gasteiger partial charge in [0.05, 0.1) is 24.6 Å². The summed E-state index contributed by atoms with van der Waals surface area (Å²) in [6.07, 6.45) is 2.46. The van der Waals surface area contributed by atoms with Crippen LogP contribution in [0.5, 0.6) is 0 Å². The molecule has 2 aromatic heterocycles. The van der Waals surface area contributed by atoms with Gasteiger partial charge in [0.1, 0.15) is 21.1 Å². The zero-order valence-corrected chi connectivity index (χ0v) is 26.9. The average Bonchev–Trinajstić information content (AvgIpc) is 3.64. The summed E-state index contributed by atoms with van der Waals surface area (Å²) in [7, 11) is 7.56. The second-order valence-corrected chi connectivity index (χ2v) is 12.5. The number of Topliss-reactive ketones (excluding diaryl/α,β-unsaturated/α-hetero) is 2. The monoisotopic (exact) mass is 658 g/mol. The van der Waals surface area contributed by atoms with Gasteiger partial charge in [-0.1, -0.05) is 0 Å². The molecule has 2 aliphatic carbocycles. The molecule has 0 fully saturated rings. The first-order valence-corrected chi connectivity index (χ1v) is 15.6. The van der Waals surface area contributed by atoms with Gasteiger partial charge in [0.15, 0.2) is 21.6 Å². The zero-order chi connectivity index (χ0) is 32.7. The topological polar surface area (TPSA) is 192 Å². The number of amides is 2. The van der Waals surface area contributed by atoms with Gasteiger partial charge >= 0.3 is 0 Å². The molecule has 0 saturated heterocycles. The fraction of sp³-hybridized carbons (Fsp3) is 0.429. The molecule has 0 aromatic carbocycles. The maximum absolute atomic E-state index is 12.7. The molecule has 0 unspecified atom stereocenters. The Morgan fingerprint density at radius 2 is 1.09 bits per heavy atom. The molecule has 240 valence electrons. The Bertz CT molecular complexity index is 1460. The minimum Gasteiger partial charge on any atom is -0.380 e. The van der Waals surface area contributed by atoms with Gasteiger partial charge in [0.2, 0.25) is 11.6 Å². The van der Waals surface area contributed by atoms with E-state index in [2.05, 4.69) is 31.2 Å². The van der Waals surface area contributed by atoms with Gasteiger partial charge in [-0.25, -0.2) is 9.97 Å². The molecule has 0 saturated carbocycles. The summed E-state index contributed by atoms with van der Waals surface area (Å²) >= 11 is 1.71. The zero-order valence-electron chi connectivity index (χ0n) is 25.3. The Morgan fingerprint density at radius 3 is 1.47 bits per heavy atom. The second kappa shape index (κ2) is 15.2. The van der Waals surface area contributed by atoms with E-state index in [4.69, 9.17) is 4.74 Å². The summed E-state index contributed by atoms with van der Waals surface area (Å²) in [5, 5.41) is 11.1. The lowest BCUT2D eigenvalue weighted by Crippen LogP contribution is -2.32. The van der Waals surface area contributed by atoms with Crippen molar-refractivity contribution in [3.8, 4) is 0 Å². The maximum atomic E-state index is 12.7. The van der Waals surface area contributed by atoms with Crippen molar-refractivity contribution in [3.05, 3.63) is 54.7 Å². The predicted octanol–water partition coefficient (Wildman–Crippen LogP) is -0.396. The van der Waals surface area contributed by atoms with E-state index in [9.17, 15) is 28.8 Å². The lowest BCUT2D eigenvalue weighted by molar-refractivity contribution is 0.0891. The molecule has 4 rings (SSSR count). The molecule has 4 N–H and O–H groups in total. The van der Waals surface area contributed by atoms with Crippen molar-refractivity contribution >= 4 is 57.6 Å². The number of carbonyl (C=O) groups excluding carboxylic acids is 6. The Kier molecular flexibility index (Phi) is 11.4. The smallest absolute Gasteiger partial charge is 0.280 e. The summed E-state index contributed by atoms with van der Waals surface area (Å²) < 4.78 is 5.45. The molecule has 2 aromatic rings. The SMILES string of the molecule is CN(C)CCNC1=CC(=O)c2sc(C(=O)NCCOCCNC(=O)c3nc4c(s3)C(=O)C=C(NCCN(C)C)C4=O)nc2C1=O. The van der Waals surface area contributed by atoms with Crippen molar-refractivity contribution in [3.63, 3.8) is 0 Å². The predicted molar refractivity (Wildman–Crippen MR) is 166 cm³/mol. The highest BCUT2D eigenvalue weighted by Crippen LogP contribution is 2.27. The molecule has 0 spiro atoms. The van der Waals surface area contributed by atoms with Crippen LogP contribution in [0.1, 0.15) is 59.9 Å². The van der Waals surface area contributed by atoms with Gasteiger partial charge in [0, 0.05) is 51.4 Å². The summed E-state index contributed by atoms with van der Waals surface area (Å²) in [5.74, 6) is -2.73. The van der Waals surface area contributed by atoms with Crippen LogP contribution in [0.25, 0.3) is 0 Å². The Morgan fingerprint density at radius 1 is 0.689 bits per heavy atom. The number of thiazole rings is 2. The van der Waals surface area contributed by atoms with Crippen LogP contribution in [-0.4, -0.2) is 135 Å². The van der Waals surface area contributed by atoms with Gasteiger partial charge < -0.3 is 35.8 Å². The minimum atomic E-state index is -0.545. The van der Waals surface area contributed by atoms with E-state index in [0.29, 0.717) is 26.2 Å². The average molecular weight is 659 g/mol. The summed E-state index contributed by atoms with van der Waals surface area (Å²) in [6.45, 7) is 2.75. The first kappa shape index (κ1) is 33.7. The van der Waals surface area contributed by atoms with Crippen molar-refractivity contribution < 1.29 is 33.5 Å². The minimum absolute atomic E-state index is 0.00770. The molecular weight excluding hydrogens is 624 g/mol. The number of nitrogens with one attached hydrogen (secondary N) is 4. The highest BCUT2D eigenvalue weighted by molar-refractivity contribution is 7.16. The molecule has 2 heterocycles. The summed E-state index contributed by atoms with van der Waals surface area (Å²) in [4.78, 5) is 87.9. The molecule has 2 amide bonds. The van der Waals surface area contributed by atoms with Crippen LogP contribution in [0.2, 0.25) is 0 Å². The van der Waals surface area contributed by atoms with Gasteiger partial charge in [-0.3, -0.25) is 28.8 Å². The third-order valence-electron chi connectivity index (χ3n) is 6.37. The highest BCUT2D eigenvalue weighted by atomic mass is 32.1. The highest BCUT2D eigenvalue weighted by Gasteiger charge is 2.32. The standard InChI is InChI=1S/C28H34N8O7S2/c1-35(2)9-5-29-15-13-17(37)23-19(21(15)39)33-27(44-23)25(41)31-7-11-43-12-8-32-26(42)28-34-20-22(40)16(30-6-10-36(3)4)14-18(38)24(20)45-28/h13-14,29-30H,5-12H2,1-4H3,(H,31,41)(H,32,42). The molecule has 0 aliphatic heterocycles. The third-order valence-corrected chi connectivity index (χ3v) is 8.51. The van der Waals surface area contributed by atoms with Gasteiger partial charge in [-0.15, -0.1) is 22.7 Å². The Balaban J connectivity index is 1.17. The van der Waals surface area contributed by atoms with Crippen LogP contribution >= 0.6 is 22.7 Å². The number of fused-ring (bicyclic) bond motifs is 2. The quantitative estimate of drug-likeness (QED) is 0.171. The van der Waals surface area contributed by atoms with E-state index >= 15 is 0 Å². The van der Waals surface area contributed by atoms with Crippen molar-refractivity contribution in [2.45, 2.75) is 0 Å². The third kappa shape index (κ3) is 8.52. The molecule has 15 nitrogen and oxygen atoms in total. The van der Waals surface area contributed by atoms with Crippen molar-refractivity contribution in [2.75, 3.05) is 80.7 Å². The van der Waals surface area contributed by atoms with Gasteiger partial charge in [-0.05, 0) is 28.2 Å². The van der Waals surface area contributed by atoms with Crippen LogP contribution in [0.3, 0.4) is 0 Å². The van der Waals surface area contributed by atoms with E-state index in [0.717, 1.165) is 22.7 Å². The van der Waals surface area contributed by atoms with Crippen LogP contribution in [-0.2, 0) is 4.74 Å². The molecule has 0 atom stereocenters. The summed E-state index contributed by atoms with van der Waals surface area (Å²) in [6, 6.07) is 0. The fourth-order valence-corrected chi connectivity index (χ4v) is 5.85. The molecule has 2 aliphatic rings.